The summed E-state index contributed by atoms with van der Waals surface area (Å²) in [5, 5.41) is 42.4. The molecule has 162 valence electrons. The van der Waals surface area contributed by atoms with E-state index in [1.54, 1.807) is 18.2 Å². The van der Waals surface area contributed by atoms with E-state index in [9.17, 15) is 34.5 Å². The second kappa shape index (κ2) is 8.60. The number of aromatic nitrogens is 2. The molecule has 1 unspecified atom stereocenters. The van der Waals surface area contributed by atoms with Gasteiger partial charge in [-0.1, -0.05) is 29.8 Å². The van der Waals surface area contributed by atoms with E-state index in [-0.39, 0.29) is 18.4 Å². The standard InChI is InChI=1S/C19H22FN3O7/c1-11-3-2-4-12(7-11)8-23(29)19(28)15(25)14(10-24)30-17(19)22-9-13(5-6-20)16(26)21-18(22)27/h2-7,9,14-15,17,24-25,28-29H,8,10H2,1H3,(H,21,26,27)/b6-5+/t14-,15-,17?,19-/m1/s1. The van der Waals surface area contributed by atoms with Gasteiger partial charge in [-0.15, -0.1) is 5.06 Å². The summed E-state index contributed by atoms with van der Waals surface area (Å²) in [5.74, 6) is 0. The van der Waals surface area contributed by atoms with E-state index in [1.165, 1.54) is 0 Å². The molecule has 2 heterocycles. The topological polar surface area (TPSA) is 148 Å². The first-order chi connectivity index (χ1) is 14.2. The third kappa shape index (κ3) is 3.86. The Balaban J connectivity index is 2.07. The third-order valence-corrected chi connectivity index (χ3v) is 4.95. The molecular formula is C19H22FN3O7. The van der Waals surface area contributed by atoms with Gasteiger partial charge < -0.3 is 25.3 Å². The van der Waals surface area contributed by atoms with Gasteiger partial charge in [0.1, 0.15) is 12.2 Å². The number of halogens is 1. The van der Waals surface area contributed by atoms with Gasteiger partial charge in [0.15, 0.2) is 6.23 Å². The van der Waals surface area contributed by atoms with Crippen LogP contribution >= 0.6 is 0 Å². The fraction of sp³-hybridized carbons (Fsp3) is 0.368. The van der Waals surface area contributed by atoms with Crippen LogP contribution in [0.2, 0.25) is 0 Å². The van der Waals surface area contributed by atoms with Crippen molar-refractivity contribution in [3.05, 3.63) is 74.3 Å². The molecule has 5 N–H and O–H groups in total. The Morgan fingerprint density at radius 1 is 1.40 bits per heavy atom. The molecule has 0 radical (unpaired) electrons. The molecule has 11 heteroatoms. The zero-order valence-corrected chi connectivity index (χ0v) is 16.0. The number of ether oxygens (including phenoxy) is 1. The van der Waals surface area contributed by atoms with Crippen molar-refractivity contribution < 1.29 is 29.7 Å². The molecule has 2 aromatic rings. The molecule has 1 aromatic carbocycles. The van der Waals surface area contributed by atoms with Crippen LogP contribution in [0.3, 0.4) is 0 Å². The fourth-order valence-electron chi connectivity index (χ4n) is 3.42. The number of aromatic amines is 1. The molecule has 4 atom stereocenters. The molecular weight excluding hydrogens is 401 g/mol. The molecule has 1 aliphatic rings. The number of aliphatic hydroxyl groups excluding tert-OH is 2. The van der Waals surface area contributed by atoms with E-state index < -0.39 is 42.0 Å². The number of hydrogen-bond donors (Lipinski definition) is 5. The van der Waals surface area contributed by atoms with Crippen LogP contribution in [0.1, 0.15) is 22.9 Å². The monoisotopic (exact) mass is 423 g/mol. The van der Waals surface area contributed by atoms with Gasteiger partial charge in [-0.2, -0.15) is 0 Å². The predicted molar refractivity (Wildman–Crippen MR) is 102 cm³/mol. The Morgan fingerprint density at radius 3 is 2.77 bits per heavy atom. The molecule has 1 aliphatic heterocycles. The van der Waals surface area contributed by atoms with E-state index in [2.05, 4.69) is 0 Å². The summed E-state index contributed by atoms with van der Waals surface area (Å²) in [7, 11) is 0. The summed E-state index contributed by atoms with van der Waals surface area (Å²) < 4.78 is 18.7. The van der Waals surface area contributed by atoms with Crippen molar-refractivity contribution in [3.8, 4) is 0 Å². The van der Waals surface area contributed by atoms with Gasteiger partial charge in [-0.25, -0.2) is 9.18 Å². The van der Waals surface area contributed by atoms with Crippen molar-refractivity contribution in [2.75, 3.05) is 6.61 Å². The number of aliphatic hydroxyl groups is 3. The van der Waals surface area contributed by atoms with Crippen LogP contribution in [0, 0.1) is 6.92 Å². The smallest absolute Gasteiger partial charge is 0.330 e. The highest BCUT2D eigenvalue weighted by Gasteiger charge is 2.60. The van der Waals surface area contributed by atoms with Gasteiger partial charge in [0.2, 0.25) is 5.72 Å². The van der Waals surface area contributed by atoms with Crippen LogP contribution in [0.15, 0.2) is 46.4 Å². The number of H-pyrrole nitrogens is 1. The minimum atomic E-state index is -2.59. The lowest BCUT2D eigenvalue weighted by Gasteiger charge is -2.37. The highest BCUT2D eigenvalue weighted by molar-refractivity contribution is 5.44. The van der Waals surface area contributed by atoms with E-state index in [1.807, 2.05) is 18.0 Å². The molecule has 30 heavy (non-hydrogen) atoms. The second-order valence-corrected chi connectivity index (χ2v) is 7.03. The molecule has 3 rings (SSSR count). The van der Waals surface area contributed by atoms with Gasteiger partial charge in [-0.05, 0) is 18.6 Å². The van der Waals surface area contributed by atoms with Crippen molar-refractivity contribution in [1.82, 2.24) is 14.6 Å². The van der Waals surface area contributed by atoms with Crippen LogP contribution in [0.5, 0.6) is 0 Å². The average Bonchev–Trinajstić information content (AvgIpc) is 2.96. The SMILES string of the molecule is Cc1cccc(CN(O)[C@]2(O)C(n3cc(/C=C/F)c(=O)[nH]c3=O)O[C@H](CO)[C@H]2O)c1. The Labute approximate surface area is 169 Å². The lowest BCUT2D eigenvalue weighted by atomic mass is 10.0. The first-order valence-electron chi connectivity index (χ1n) is 9.03. The number of benzene rings is 1. The highest BCUT2D eigenvalue weighted by atomic mass is 19.1. The maximum Gasteiger partial charge on any atom is 0.330 e. The molecule has 0 spiro atoms. The molecule has 10 nitrogen and oxygen atoms in total. The number of aryl methyl sites for hydroxylation is 1. The van der Waals surface area contributed by atoms with Gasteiger partial charge in [-0.3, -0.25) is 14.3 Å². The van der Waals surface area contributed by atoms with Crippen LogP contribution in [-0.4, -0.2) is 59.7 Å². The Bertz CT molecular complexity index is 1050. The third-order valence-electron chi connectivity index (χ3n) is 4.95. The van der Waals surface area contributed by atoms with Crippen LogP contribution in [0.4, 0.5) is 4.39 Å². The molecule has 0 amide bonds. The Morgan fingerprint density at radius 2 is 2.13 bits per heavy atom. The van der Waals surface area contributed by atoms with Crippen molar-refractivity contribution in [2.45, 2.75) is 37.6 Å². The number of nitrogens with one attached hydrogen (secondary N) is 1. The van der Waals surface area contributed by atoms with Crippen molar-refractivity contribution in [3.63, 3.8) is 0 Å². The van der Waals surface area contributed by atoms with Crippen molar-refractivity contribution >= 4 is 6.08 Å². The second-order valence-electron chi connectivity index (χ2n) is 7.03. The number of hydrogen-bond acceptors (Lipinski definition) is 8. The normalized spacial score (nSPS) is 26.7. The molecule has 1 aromatic heterocycles. The molecule has 0 bridgehead atoms. The zero-order chi connectivity index (χ0) is 22.1. The van der Waals surface area contributed by atoms with Gasteiger partial charge in [0.05, 0.1) is 25.0 Å². The maximum atomic E-state index is 12.6. The lowest BCUT2D eigenvalue weighted by molar-refractivity contribution is -0.318. The van der Waals surface area contributed by atoms with Gasteiger partial charge in [0.25, 0.3) is 5.56 Å². The molecule has 1 fully saturated rings. The van der Waals surface area contributed by atoms with Gasteiger partial charge in [0, 0.05) is 6.20 Å². The lowest BCUT2D eigenvalue weighted by Crippen LogP contribution is -2.59. The van der Waals surface area contributed by atoms with E-state index >= 15 is 0 Å². The summed E-state index contributed by atoms with van der Waals surface area (Å²) >= 11 is 0. The zero-order valence-electron chi connectivity index (χ0n) is 16.0. The molecule has 1 saturated heterocycles. The molecule has 0 saturated carbocycles. The number of hydroxylamine groups is 2. The minimum absolute atomic E-state index is 0.0859. The maximum absolute atomic E-state index is 12.6. The van der Waals surface area contributed by atoms with E-state index in [0.717, 1.165) is 17.8 Å². The Hall–Kier alpha value is -2.67. The quantitative estimate of drug-likeness (QED) is 0.312. The van der Waals surface area contributed by atoms with Crippen molar-refractivity contribution in [1.29, 1.82) is 0 Å². The van der Waals surface area contributed by atoms with E-state index in [0.29, 0.717) is 15.2 Å². The van der Waals surface area contributed by atoms with Gasteiger partial charge >= 0.3 is 5.69 Å². The van der Waals surface area contributed by atoms with Crippen LogP contribution in [-0.2, 0) is 11.3 Å². The fourth-order valence-corrected chi connectivity index (χ4v) is 3.42. The largest absolute Gasteiger partial charge is 0.394 e. The summed E-state index contributed by atoms with van der Waals surface area (Å²) in [4.78, 5) is 26.1. The average molecular weight is 423 g/mol. The summed E-state index contributed by atoms with van der Waals surface area (Å²) in [6.07, 6.45) is -3.14. The summed E-state index contributed by atoms with van der Waals surface area (Å²) in [5.41, 5.74) is -3.30. The predicted octanol–water partition coefficient (Wildman–Crippen LogP) is -0.384. The van der Waals surface area contributed by atoms with E-state index in [4.69, 9.17) is 4.74 Å². The minimum Gasteiger partial charge on any atom is -0.394 e. The highest BCUT2D eigenvalue weighted by Crippen LogP contribution is 2.40. The Kier molecular flexibility index (Phi) is 6.31. The first kappa shape index (κ1) is 22.0. The molecule has 0 aliphatic carbocycles. The van der Waals surface area contributed by atoms with Crippen LogP contribution < -0.4 is 11.2 Å². The number of rotatable bonds is 6. The number of nitrogens with zero attached hydrogens (tertiary/aromatic N) is 2. The van der Waals surface area contributed by atoms with Crippen molar-refractivity contribution in [2.24, 2.45) is 0 Å². The van der Waals surface area contributed by atoms with Crippen LogP contribution in [0.25, 0.3) is 6.08 Å². The first-order valence-corrected chi connectivity index (χ1v) is 9.03. The summed E-state index contributed by atoms with van der Waals surface area (Å²) in [6.45, 7) is 0.841. The summed E-state index contributed by atoms with van der Waals surface area (Å²) in [6, 6.07) is 6.98.